The molecule has 0 fully saturated rings. The summed E-state index contributed by atoms with van der Waals surface area (Å²) in [4.78, 5) is 11.6. The van der Waals surface area contributed by atoms with Crippen molar-refractivity contribution in [2.24, 2.45) is 0 Å². The smallest absolute Gasteiger partial charge is 0.185 e. The minimum Gasteiger partial charge on any atom is -0.348 e. The predicted octanol–water partition coefficient (Wildman–Crippen LogP) is 2.65. The summed E-state index contributed by atoms with van der Waals surface area (Å²) in [6.07, 6.45) is 1.92. The maximum atomic E-state index is 11.6. The highest BCUT2D eigenvalue weighted by Gasteiger charge is 2.35. The molecule has 0 saturated carbocycles. The molecule has 2 atom stereocenters. The van der Waals surface area contributed by atoms with E-state index in [2.05, 4.69) is 32.3 Å². The Morgan fingerprint density at radius 3 is 2.50 bits per heavy atom. The molecule has 1 heterocycles. The van der Waals surface area contributed by atoms with Crippen LogP contribution in [0.4, 0.5) is 0 Å². The van der Waals surface area contributed by atoms with Crippen molar-refractivity contribution in [1.29, 1.82) is 0 Å². The van der Waals surface area contributed by atoms with Gasteiger partial charge in [0.25, 0.3) is 0 Å². The number of hydrogen-bond donors (Lipinski definition) is 0. The Morgan fingerprint density at radius 2 is 1.93 bits per heavy atom. The first-order valence-corrected chi connectivity index (χ1v) is 5.29. The number of aromatic nitrogens is 1. The van der Waals surface area contributed by atoms with Crippen LogP contribution in [0.1, 0.15) is 56.8 Å². The molecule has 1 aromatic rings. The van der Waals surface area contributed by atoms with E-state index < -0.39 is 0 Å². The lowest BCUT2D eigenvalue weighted by Gasteiger charge is -2.37. The molecule has 1 aliphatic rings. The Labute approximate surface area is 84.6 Å². The number of hydrogen-bond acceptors (Lipinski definition) is 1. The van der Waals surface area contributed by atoms with E-state index >= 15 is 0 Å². The van der Waals surface area contributed by atoms with Crippen molar-refractivity contribution < 1.29 is 0 Å². The monoisotopic (exact) mass is 191 g/mol. The molecule has 0 aliphatic heterocycles. The van der Waals surface area contributed by atoms with Crippen molar-refractivity contribution in [3.63, 3.8) is 0 Å². The van der Waals surface area contributed by atoms with E-state index in [-0.39, 0.29) is 5.43 Å². The minimum atomic E-state index is 0.211. The third-order valence-corrected chi connectivity index (χ3v) is 3.40. The maximum Gasteiger partial charge on any atom is 0.185 e. The summed E-state index contributed by atoms with van der Waals surface area (Å²) in [6.45, 7) is 8.64. The fraction of sp³-hybridized carbons (Fsp3) is 0.583. The lowest BCUT2D eigenvalue weighted by molar-refractivity contribution is 0.442. The number of pyridine rings is 1. The molecule has 0 spiro atoms. The van der Waals surface area contributed by atoms with Crippen molar-refractivity contribution in [3.05, 3.63) is 33.7 Å². The molecule has 0 aromatic carbocycles. The normalized spacial score (nSPS) is 24.6. The summed E-state index contributed by atoms with van der Waals surface area (Å²) in [5.74, 6) is 0.963. The van der Waals surface area contributed by atoms with Crippen LogP contribution in [0.2, 0.25) is 0 Å². The molecule has 76 valence electrons. The molecule has 0 saturated heterocycles. The Bertz CT molecular complexity index is 417. The Morgan fingerprint density at radius 1 is 1.29 bits per heavy atom. The molecule has 14 heavy (non-hydrogen) atoms. The highest BCUT2D eigenvalue weighted by molar-refractivity contribution is 5.39. The summed E-state index contributed by atoms with van der Waals surface area (Å²) in [6, 6.07) is 2.14. The van der Waals surface area contributed by atoms with E-state index in [0.717, 1.165) is 5.56 Å². The van der Waals surface area contributed by atoms with Crippen LogP contribution >= 0.6 is 0 Å². The summed E-state index contributed by atoms with van der Waals surface area (Å²) in [5.41, 5.74) is 2.50. The van der Waals surface area contributed by atoms with Crippen LogP contribution in [-0.4, -0.2) is 4.57 Å². The Balaban J connectivity index is 2.65. The zero-order valence-electron chi connectivity index (χ0n) is 9.24. The molecule has 2 heteroatoms. The summed E-state index contributed by atoms with van der Waals surface area (Å²) in [5, 5.41) is 0. The van der Waals surface area contributed by atoms with E-state index in [4.69, 9.17) is 0 Å². The molecule has 2 nitrogen and oxygen atoms in total. The lowest BCUT2D eigenvalue weighted by atomic mass is 9.72. The number of nitrogens with zero attached hydrogens (tertiary/aromatic N) is 1. The molecular formula is C12H17NO. The second-order valence-corrected chi connectivity index (χ2v) is 4.56. The highest BCUT2D eigenvalue weighted by Crippen LogP contribution is 2.44. The molecular weight excluding hydrogens is 174 g/mol. The van der Waals surface area contributed by atoms with Gasteiger partial charge in [-0.05, 0) is 19.8 Å². The third kappa shape index (κ3) is 1.06. The average molecular weight is 191 g/mol. The zero-order chi connectivity index (χ0) is 10.5. The van der Waals surface area contributed by atoms with Gasteiger partial charge in [-0.15, -0.1) is 0 Å². The standard InChI is InChI=1S/C12H17NO/c1-7(2)13-6-5-10(14)11-8(3)9(4)12(11)13/h5-9H,1-4H3. The molecule has 0 amide bonds. The molecule has 1 aromatic heterocycles. The van der Waals surface area contributed by atoms with Gasteiger partial charge < -0.3 is 4.57 Å². The van der Waals surface area contributed by atoms with Crippen molar-refractivity contribution in [3.8, 4) is 0 Å². The minimum absolute atomic E-state index is 0.211. The van der Waals surface area contributed by atoms with Gasteiger partial charge in [-0.1, -0.05) is 13.8 Å². The molecule has 0 radical (unpaired) electrons. The van der Waals surface area contributed by atoms with Gasteiger partial charge >= 0.3 is 0 Å². The van der Waals surface area contributed by atoms with E-state index in [1.54, 1.807) is 6.07 Å². The fourth-order valence-corrected chi connectivity index (χ4v) is 2.36. The first kappa shape index (κ1) is 9.50. The summed E-state index contributed by atoms with van der Waals surface area (Å²) >= 11 is 0. The molecule has 0 N–H and O–H groups in total. The van der Waals surface area contributed by atoms with Gasteiger partial charge in [-0.3, -0.25) is 4.79 Å². The van der Waals surface area contributed by atoms with Crippen LogP contribution in [0, 0.1) is 0 Å². The Hall–Kier alpha value is -1.05. The fourth-order valence-electron chi connectivity index (χ4n) is 2.36. The van der Waals surface area contributed by atoms with Crippen molar-refractivity contribution in [1.82, 2.24) is 4.57 Å². The summed E-state index contributed by atoms with van der Waals surface area (Å²) in [7, 11) is 0. The van der Waals surface area contributed by atoms with Gasteiger partial charge in [-0.25, -0.2) is 0 Å². The van der Waals surface area contributed by atoms with Gasteiger partial charge in [0.15, 0.2) is 5.43 Å². The van der Waals surface area contributed by atoms with Gasteiger partial charge in [0, 0.05) is 35.5 Å². The van der Waals surface area contributed by atoms with E-state index in [1.807, 2.05) is 6.20 Å². The number of rotatable bonds is 1. The third-order valence-electron chi connectivity index (χ3n) is 3.40. The quantitative estimate of drug-likeness (QED) is 0.669. The Kier molecular flexibility index (Phi) is 2.02. The predicted molar refractivity (Wildman–Crippen MR) is 57.9 cm³/mol. The topological polar surface area (TPSA) is 22.0 Å². The van der Waals surface area contributed by atoms with Crippen LogP contribution in [0.25, 0.3) is 0 Å². The maximum absolute atomic E-state index is 11.6. The summed E-state index contributed by atoms with van der Waals surface area (Å²) < 4.78 is 2.22. The van der Waals surface area contributed by atoms with E-state index in [9.17, 15) is 4.79 Å². The zero-order valence-corrected chi connectivity index (χ0v) is 9.24. The first-order valence-electron chi connectivity index (χ1n) is 5.29. The van der Waals surface area contributed by atoms with Crippen LogP contribution in [-0.2, 0) is 0 Å². The van der Waals surface area contributed by atoms with Crippen LogP contribution < -0.4 is 5.43 Å². The lowest BCUT2D eigenvalue weighted by Crippen LogP contribution is -2.33. The van der Waals surface area contributed by atoms with Gasteiger partial charge in [0.05, 0.1) is 0 Å². The van der Waals surface area contributed by atoms with Crippen LogP contribution in [0.3, 0.4) is 0 Å². The molecule has 2 unspecified atom stereocenters. The first-order chi connectivity index (χ1) is 6.54. The second kappa shape index (κ2) is 2.97. The highest BCUT2D eigenvalue weighted by atomic mass is 16.1. The van der Waals surface area contributed by atoms with E-state index in [1.165, 1.54) is 5.69 Å². The average Bonchev–Trinajstić information content (AvgIpc) is 2.15. The van der Waals surface area contributed by atoms with Crippen LogP contribution in [0.15, 0.2) is 17.1 Å². The molecule has 0 bridgehead atoms. The van der Waals surface area contributed by atoms with Gasteiger partial charge in [-0.2, -0.15) is 0 Å². The molecule has 1 aliphatic carbocycles. The second-order valence-electron chi connectivity index (χ2n) is 4.56. The van der Waals surface area contributed by atoms with E-state index in [0.29, 0.717) is 17.9 Å². The van der Waals surface area contributed by atoms with Crippen molar-refractivity contribution in [2.75, 3.05) is 0 Å². The molecule has 2 rings (SSSR count). The number of fused-ring (bicyclic) bond motifs is 1. The SMILES string of the molecule is CC1c2c(n(C(C)C)ccc2=O)C1C. The van der Waals surface area contributed by atoms with Crippen molar-refractivity contribution in [2.45, 2.75) is 45.6 Å². The van der Waals surface area contributed by atoms with Crippen molar-refractivity contribution >= 4 is 0 Å². The van der Waals surface area contributed by atoms with Gasteiger partial charge in [0.2, 0.25) is 0 Å². The van der Waals surface area contributed by atoms with Gasteiger partial charge in [0.1, 0.15) is 0 Å². The van der Waals surface area contributed by atoms with Crippen LogP contribution in [0.5, 0.6) is 0 Å². The largest absolute Gasteiger partial charge is 0.348 e.